The van der Waals surface area contributed by atoms with Crippen LogP contribution in [0.5, 0.6) is 0 Å². The van der Waals surface area contributed by atoms with E-state index in [4.69, 9.17) is 0 Å². The van der Waals surface area contributed by atoms with Gasteiger partial charge in [-0.15, -0.1) is 6.58 Å². The molecular weight excluding hydrogens is 491 g/mol. The monoisotopic (exact) mass is 536 g/mol. The van der Waals surface area contributed by atoms with E-state index in [2.05, 4.69) is 130 Å². The molecule has 2 atom stereocenters. The van der Waals surface area contributed by atoms with Crippen LogP contribution in [0.15, 0.2) is 91.5 Å². The van der Waals surface area contributed by atoms with Crippen LogP contribution in [0.1, 0.15) is 70.4 Å². The van der Waals surface area contributed by atoms with Crippen LogP contribution in [0, 0.1) is 5.92 Å². The number of hydrogen-bond acceptors (Lipinski definition) is 2. The highest BCUT2D eigenvalue weighted by molar-refractivity contribution is 6.02. The molecule has 0 amide bonds. The van der Waals surface area contributed by atoms with Gasteiger partial charge in [0.15, 0.2) is 0 Å². The minimum atomic E-state index is -0.884. The van der Waals surface area contributed by atoms with Gasteiger partial charge in [-0.25, -0.2) is 4.39 Å². The van der Waals surface area contributed by atoms with E-state index in [1.807, 2.05) is 6.08 Å². The Balaban J connectivity index is 1.86. The molecule has 4 rings (SSSR count). The van der Waals surface area contributed by atoms with Gasteiger partial charge in [-0.2, -0.15) is 0 Å². The summed E-state index contributed by atoms with van der Waals surface area (Å²) in [6.45, 7) is 15.2. The lowest BCUT2D eigenvalue weighted by atomic mass is 9.88. The molecule has 4 aromatic carbocycles. The fourth-order valence-corrected chi connectivity index (χ4v) is 5.62. The van der Waals surface area contributed by atoms with Crippen LogP contribution >= 0.6 is 0 Å². The summed E-state index contributed by atoms with van der Waals surface area (Å²) < 4.78 is 14.7. The molecule has 0 saturated heterocycles. The zero-order valence-corrected chi connectivity index (χ0v) is 25.0. The molecule has 1 N–H and O–H groups in total. The van der Waals surface area contributed by atoms with Crippen molar-refractivity contribution in [3.63, 3.8) is 0 Å². The molecule has 1 unspecified atom stereocenters. The summed E-state index contributed by atoms with van der Waals surface area (Å²) in [7, 11) is 2.09. The molecule has 0 heterocycles. The minimum Gasteiger partial charge on any atom is -0.373 e. The first-order chi connectivity index (χ1) is 19.2. The summed E-state index contributed by atoms with van der Waals surface area (Å²) in [4.78, 5) is 2.22. The quantitative estimate of drug-likeness (QED) is 0.181. The Morgan fingerprint density at radius 3 is 2.02 bits per heavy atom. The Morgan fingerprint density at radius 1 is 0.800 bits per heavy atom. The Kier molecular flexibility index (Phi) is 9.68. The maximum absolute atomic E-state index is 14.7. The van der Waals surface area contributed by atoms with Gasteiger partial charge in [-0.3, -0.25) is 0 Å². The largest absolute Gasteiger partial charge is 0.373 e. The van der Waals surface area contributed by atoms with Crippen molar-refractivity contribution in [3.8, 4) is 11.1 Å². The Bertz CT molecular complexity index is 1390. The van der Waals surface area contributed by atoms with Crippen LogP contribution in [0.25, 0.3) is 21.9 Å². The lowest BCUT2D eigenvalue weighted by Crippen LogP contribution is -2.30. The third-order valence-electron chi connectivity index (χ3n) is 8.02. The average molecular weight is 537 g/mol. The number of hydrogen-bond donors (Lipinski definition) is 1. The second-order valence-electron chi connectivity index (χ2n) is 11.7. The SMILES string of the molecule is C=CCCC(CN(C)c1ccc2ccccc2c1Nc1c(C(C)C)cc(-c2ccccc2)cc1C(C)C)[C@@H](C)F. The molecule has 0 fully saturated rings. The van der Waals surface area contributed by atoms with E-state index in [-0.39, 0.29) is 5.92 Å². The molecule has 40 heavy (non-hydrogen) atoms. The Hall–Kier alpha value is -3.59. The molecule has 210 valence electrons. The summed E-state index contributed by atoms with van der Waals surface area (Å²) in [5.41, 5.74) is 8.41. The normalized spacial score (nSPS) is 13.0. The Morgan fingerprint density at radius 2 is 1.43 bits per heavy atom. The molecule has 2 nitrogen and oxygen atoms in total. The van der Waals surface area contributed by atoms with Crippen LogP contribution in [0.2, 0.25) is 0 Å². The van der Waals surface area contributed by atoms with Gasteiger partial charge in [-0.1, -0.05) is 94.4 Å². The standard InChI is InChI=1S/C37H45FN2/c1-8-9-15-30(27(6)38)24-40(7)35-21-20-29-18-13-14-19-32(29)37(35)39-36-33(25(2)3)22-31(23-34(36)26(4)5)28-16-11-10-12-17-28/h8,10-14,16-23,25-27,30,39H,1,9,15,24H2,2-7H3/t27-,30?/m1/s1. The first-order valence-corrected chi connectivity index (χ1v) is 14.7. The number of nitrogens with zero attached hydrogens (tertiary/aromatic N) is 1. The second kappa shape index (κ2) is 13.2. The summed E-state index contributed by atoms with van der Waals surface area (Å²) >= 11 is 0. The van der Waals surface area contributed by atoms with E-state index in [9.17, 15) is 4.39 Å². The van der Waals surface area contributed by atoms with E-state index in [1.165, 1.54) is 38.7 Å². The molecule has 0 aromatic heterocycles. The fraction of sp³-hybridized carbons (Fsp3) is 0.351. The van der Waals surface area contributed by atoms with Gasteiger partial charge in [0.05, 0.1) is 11.4 Å². The molecule has 0 aliphatic carbocycles. The summed E-state index contributed by atoms with van der Waals surface area (Å²) in [6, 6.07) is 28.2. The van der Waals surface area contributed by atoms with Gasteiger partial charge in [0.25, 0.3) is 0 Å². The van der Waals surface area contributed by atoms with E-state index in [1.54, 1.807) is 6.92 Å². The predicted molar refractivity (Wildman–Crippen MR) is 174 cm³/mol. The second-order valence-corrected chi connectivity index (χ2v) is 11.7. The number of nitrogens with one attached hydrogen (secondary N) is 1. The maximum atomic E-state index is 14.7. The Labute approximate surface area is 240 Å². The van der Waals surface area contributed by atoms with Crippen molar-refractivity contribution >= 4 is 27.8 Å². The van der Waals surface area contributed by atoms with Gasteiger partial charge in [-0.05, 0) is 77.4 Å². The molecule has 4 aromatic rings. The number of allylic oxidation sites excluding steroid dienone is 1. The van der Waals surface area contributed by atoms with Gasteiger partial charge in [0.2, 0.25) is 0 Å². The van der Waals surface area contributed by atoms with Gasteiger partial charge < -0.3 is 10.2 Å². The highest BCUT2D eigenvalue weighted by atomic mass is 19.1. The summed E-state index contributed by atoms with van der Waals surface area (Å²) in [6.07, 6.45) is 2.61. The average Bonchev–Trinajstić information content (AvgIpc) is 2.95. The van der Waals surface area contributed by atoms with Crippen molar-refractivity contribution in [2.24, 2.45) is 5.92 Å². The lowest BCUT2D eigenvalue weighted by Gasteiger charge is -2.30. The maximum Gasteiger partial charge on any atom is 0.102 e. The third kappa shape index (κ3) is 6.58. The fourth-order valence-electron chi connectivity index (χ4n) is 5.62. The van der Waals surface area contributed by atoms with Crippen LogP contribution in [0.3, 0.4) is 0 Å². The van der Waals surface area contributed by atoms with Gasteiger partial charge in [0, 0.05) is 30.6 Å². The van der Waals surface area contributed by atoms with Crippen molar-refractivity contribution in [1.29, 1.82) is 0 Å². The molecule has 0 aliphatic rings. The molecule has 0 saturated carbocycles. The zero-order valence-electron chi connectivity index (χ0n) is 25.0. The number of halogens is 1. The van der Waals surface area contributed by atoms with Crippen molar-refractivity contribution in [2.75, 3.05) is 23.8 Å². The molecule has 3 heteroatoms. The van der Waals surface area contributed by atoms with Crippen LogP contribution in [-0.2, 0) is 0 Å². The van der Waals surface area contributed by atoms with Crippen molar-refractivity contribution in [3.05, 3.63) is 103 Å². The van der Waals surface area contributed by atoms with Gasteiger partial charge >= 0.3 is 0 Å². The number of fused-ring (bicyclic) bond motifs is 1. The van der Waals surface area contributed by atoms with Crippen LogP contribution in [0.4, 0.5) is 21.5 Å². The predicted octanol–water partition coefficient (Wildman–Crippen LogP) is 10.9. The first-order valence-electron chi connectivity index (χ1n) is 14.7. The highest BCUT2D eigenvalue weighted by Gasteiger charge is 2.23. The van der Waals surface area contributed by atoms with E-state index in [0.717, 1.165) is 24.2 Å². The first kappa shape index (κ1) is 29.4. The van der Waals surface area contributed by atoms with Crippen LogP contribution < -0.4 is 10.2 Å². The van der Waals surface area contributed by atoms with E-state index >= 15 is 0 Å². The molecule has 0 radical (unpaired) electrons. The summed E-state index contributed by atoms with van der Waals surface area (Å²) in [5, 5.41) is 6.32. The molecule has 0 aliphatic heterocycles. The molecular formula is C37H45FN2. The molecule has 0 spiro atoms. The minimum absolute atomic E-state index is 0.0649. The topological polar surface area (TPSA) is 15.3 Å². The summed E-state index contributed by atoms with van der Waals surface area (Å²) in [5.74, 6) is 0.593. The number of rotatable bonds is 12. The van der Waals surface area contributed by atoms with Crippen molar-refractivity contribution in [2.45, 2.75) is 65.5 Å². The number of alkyl halides is 1. The number of anilines is 3. The number of benzene rings is 4. The van der Waals surface area contributed by atoms with Crippen LogP contribution in [-0.4, -0.2) is 19.8 Å². The van der Waals surface area contributed by atoms with Gasteiger partial charge in [0.1, 0.15) is 6.17 Å². The van der Waals surface area contributed by atoms with Crippen molar-refractivity contribution < 1.29 is 4.39 Å². The van der Waals surface area contributed by atoms with Crippen molar-refractivity contribution in [1.82, 2.24) is 0 Å². The third-order valence-corrected chi connectivity index (χ3v) is 8.02. The zero-order chi connectivity index (χ0) is 28.8. The lowest BCUT2D eigenvalue weighted by molar-refractivity contribution is 0.241. The van der Waals surface area contributed by atoms with E-state index in [0.29, 0.717) is 18.4 Å². The smallest absolute Gasteiger partial charge is 0.102 e. The van der Waals surface area contributed by atoms with E-state index < -0.39 is 6.17 Å². The highest BCUT2D eigenvalue weighted by Crippen LogP contribution is 2.43. The molecule has 0 bridgehead atoms.